The van der Waals surface area contributed by atoms with Gasteiger partial charge in [0, 0.05) is 45.8 Å². The third kappa shape index (κ3) is 4.27. The van der Waals surface area contributed by atoms with Gasteiger partial charge in [0.1, 0.15) is 0 Å². The highest BCUT2D eigenvalue weighted by Gasteiger charge is 2.30. The second kappa shape index (κ2) is 8.15. The SMILES string of the molecule is CN=C(NCC(O)C1CCCCC1)N1CCC(N2CC=CC2)C1. The Hall–Kier alpha value is -1.07. The summed E-state index contributed by atoms with van der Waals surface area (Å²) in [5, 5.41) is 13.8. The van der Waals surface area contributed by atoms with E-state index in [2.05, 4.69) is 32.3 Å². The summed E-state index contributed by atoms with van der Waals surface area (Å²) in [7, 11) is 1.85. The Morgan fingerprint density at radius 2 is 1.96 bits per heavy atom. The van der Waals surface area contributed by atoms with Crippen LogP contribution in [0.25, 0.3) is 0 Å². The number of hydrogen-bond donors (Lipinski definition) is 2. The van der Waals surface area contributed by atoms with Crippen molar-refractivity contribution in [3.8, 4) is 0 Å². The van der Waals surface area contributed by atoms with Crippen LogP contribution in [0.1, 0.15) is 38.5 Å². The maximum absolute atomic E-state index is 10.4. The van der Waals surface area contributed by atoms with Crippen molar-refractivity contribution < 1.29 is 5.11 Å². The van der Waals surface area contributed by atoms with Gasteiger partial charge in [-0.05, 0) is 25.2 Å². The van der Waals surface area contributed by atoms with Crippen molar-refractivity contribution in [3.05, 3.63) is 12.2 Å². The van der Waals surface area contributed by atoms with E-state index in [1.165, 1.54) is 38.5 Å². The predicted octanol–water partition coefficient (Wildman–Crippen LogP) is 1.45. The molecule has 0 radical (unpaired) electrons. The lowest BCUT2D eigenvalue weighted by Gasteiger charge is -2.29. The molecule has 130 valence electrons. The summed E-state index contributed by atoms with van der Waals surface area (Å²) in [6, 6.07) is 0.631. The highest BCUT2D eigenvalue weighted by Crippen LogP contribution is 2.26. The standard InChI is InChI=1S/C18H32N4O/c1-19-18(20-13-17(23)15-7-3-2-4-8-15)22-12-9-16(14-22)21-10-5-6-11-21/h5-6,15-17,23H,2-4,7-14H2,1H3,(H,19,20). The van der Waals surface area contributed by atoms with Crippen molar-refractivity contribution in [2.45, 2.75) is 50.7 Å². The fourth-order valence-electron chi connectivity index (χ4n) is 4.24. The van der Waals surface area contributed by atoms with Crippen molar-refractivity contribution in [2.24, 2.45) is 10.9 Å². The molecule has 2 atom stereocenters. The molecule has 2 fully saturated rings. The van der Waals surface area contributed by atoms with Crippen LogP contribution in [0.5, 0.6) is 0 Å². The number of aliphatic imine (C=N–C) groups is 1. The summed E-state index contributed by atoms with van der Waals surface area (Å²) in [4.78, 5) is 9.31. The minimum absolute atomic E-state index is 0.242. The first-order valence-electron chi connectivity index (χ1n) is 9.30. The van der Waals surface area contributed by atoms with E-state index in [-0.39, 0.29) is 6.10 Å². The number of rotatable bonds is 4. The van der Waals surface area contributed by atoms with Crippen LogP contribution in [0.2, 0.25) is 0 Å². The van der Waals surface area contributed by atoms with E-state index < -0.39 is 0 Å². The maximum Gasteiger partial charge on any atom is 0.193 e. The van der Waals surface area contributed by atoms with Crippen molar-refractivity contribution in [1.29, 1.82) is 0 Å². The Bertz CT molecular complexity index is 423. The van der Waals surface area contributed by atoms with Gasteiger partial charge in [-0.2, -0.15) is 0 Å². The van der Waals surface area contributed by atoms with Crippen LogP contribution in [-0.4, -0.2) is 72.8 Å². The fourth-order valence-corrected chi connectivity index (χ4v) is 4.24. The molecule has 0 amide bonds. The lowest BCUT2D eigenvalue weighted by atomic mass is 9.85. The Morgan fingerprint density at radius 3 is 2.65 bits per heavy atom. The van der Waals surface area contributed by atoms with Gasteiger partial charge >= 0.3 is 0 Å². The van der Waals surface area contributed by atoms with E-state index in [0.29, 0.717) is 18.5 Å². The van der Waals surface area contributed by atoms with Gasteiger partial charge < -0.3 is 15.3 Å². The molecule has 3 aliphatic rings. The summed E-state index contributed by atoms with van der Waals surface area (Å²) in [6.45, 7) is 4.90. The highest BCUT2D eigenvalue weighted by molar-refractivity contribution is 5.80. The van der Waals surface area contributed by atoms with E-state index in [4.69, 9.17) is 0 Å². The van der Waals surface area contributed by atoms with Gasteiger partial charge in [-0.3, -0.25) is 9.89 Å². The summed E-state index contributed by atoms with van der Waals surface area (Å²) >= 11 is 0. The molecule has 0 aromatic carbocycles. The number of aliphatic hydroxyl groups excluding tert-OH is 1. The molecule has 0 spiro atoms. The summed E-state index contributed by atoms with van der Waals surface area (Å²) in [6.07, 6.45) is 11.7. The number of nitrogens with one attached hydrogen (secondary N) is 1. The molecule has 23 heavy (non-hydrogen) atoms. The van der Waals surface area contributed by atoms with E-state index in [9.17, 15) is 5.11 Å². The minimum atomic E-state index is -0.242. The summed E-state index contributed by atoms with van der Waals surface area (Å²) < 4.78 is 0. The first-order valence-corrected chi connectivity index (χ1v) is 9.30. The van der Waals surface area contributed by atoms with Gasteiger partial charge in [-0.25, -0.2) is 0 Å². The van der Waals surface area contributed by atoms with Gasteiger partial charge in [0.2, 0.25) is 0 Å². The largest absolute Gasteiger partial charge is 0.391 e. The first kappa shape index (κ1) is 16.8. The molecule has 1 aliphatic carbocycles. The molecule has 0 aromatic heterocycles. The van der Waals surface area contributed by atoms with Gasteiger partial charge in [0.15, 0.2) is 5.96 Å². The number of likely N-dealkylation sites (tertiary alicyclic amines) is 1. The average Bonchev–Trinajstić information content (AvgIpc) is 3.27. The van der Waals surface area contributed by atoms with Crippen molar-refractivity contribution in [1.82, 2.24) is 15.1 Å². The third-order valence-electron chi connectivity index (χ3n) is 5.70. The molecule has 5 heteroatoms. The molecule has 5 nitrogen and oxygen atoms in total. The highest BCUT2D eigenvalue weighted by atomic mass is 16.3. The van der Waals surface area contributed by atoms with Crippen LogP contribution in [0.4, 0.5) is 0 Å². The zero-order chi connectivity index (χ0) is 16.1. The van der Waals surface area contributed by atoms with Gasteiger partial charge in [-0.1, -0.05) is 31.4 Å². The molecule has 2 unspecified atom stereocenters. The second-order valence-electron chi connectivity index (χ2n) is 7.21. The van der Waals surface area contributed by atoms with E-state index in [1.54, 1.807) is 0 Å². The molecular weight excluding hydrogens is 288 g/mol. The first-order chi connectivity index (χ1) is 11.3. The molecule has 3 rings (SSSR count). The number of aliphatic hydroxyl groups is 1. The van der Waals surface area contributed by atoms with Crippen LogP contribution in [0.3, 0.4) is 0 Å². The van der Waals surface area contributed by atoms with Gasteiger partial charge in [-0.15, -0.1) is 0 Å². The molecule has 0 bridgehead atoms. The monoisotopic (exact) mass is 320 g/mol. The Labute approximate surface area is 140 Å². The number of hydrogen-bond acceptors (Lipinski definition) is 3. The summed E-state index contributed by atoms with van der Waals surface area (Å²) in [5.41, 5.74) is 0. The summed E-state index contributed by atoms with van der Waals surface area (Å²) in [5.74, 6) is 1.42. The van der Waals surface area contributed by atoms with E-state index in [0.717, 1.165) is 32.1 Å². The average molecular weight is 320 g/mol. The van der Waals surface area contributed by atoms with Crippen LogP contribution < -0.4 is 5.32 Å². The topological polar surface area (TPSA) is 51.1 Å². The van der Waals surface area contributed by atoms with Crippen molar-refractivity contribution >= 4 is 5.96 Å². The van der Waals surface area contributed by atoms with Crippen molar-refractivity contribution in [2.75, 3.05) is 39.8 Å². The van der Waals surface area contributed by atoms with Gasteiger partial charge in [0.25, 0.3) is 0 Å². The van der Waals surface area contributed by atoms with Crippen LogP contribution in [-0.2, 0) is 0 Å². The van der Waals surface area contributed by atoms with E-state index in [1.807, 2.05) is 7.05 Å². The zero-order valence-corrected chi connectivity index (χ0v) is 14.5. The Morgan fingerprint density at radius 1 is 1.22 bits per heavy atom. The van der Waals surface area contributed by atoms with Crippen LogP contribution >= 0.6 is 0 Å². The van der Waals surface area contributed by atoms with Crippen LogP contribution in [0.15, 0.2) is 17.1 Å². The molecule has 2 aliphatic heterocycles. The maximum atomic E-state index is 10.4. The molecule has 2 N–H and O–H groups in total. The third-order valence-corrected chi connectivity index (χ3v) is 5.70. The van der Waals surface area contributed by atoms with E-state index >= 15 is 0 Å². The quantitative estimate of drug-likeness (QED) is 0.468. The predicted molar refractivity (Wildman–Crippen MR) is 94.6 cm³/mol. The number of guanidine groups is 1. The Kier molecular flexibility index (Phi) is 5.95. The van der Waals surface area contributed by atoms with Crippen LogP contribution in [0, 0.1) is 5.92 Å². The molecule has 1 saturated heterocycles. The minimum Gasteiger partial charge on any atom is -0.391 e. The Balaban J connectivity index is 1.44. The molecule has 1 saturated carbocycles. The number of nitrogens with zero attached hydrogens (tertiary/aromatic N) is 3. The lowest BCUT2D eigenvalue weighted by molar-refractivity contribution is 0.0874. The molecule has 0 aromatic rings. The smallest absolute Gasteiger partial charge is 0.193 e. The fraction of sp³-hybridized carbons (Fsp3) is 0.833. The second-order valence-corrected chi connectivity index (χ2v) is 7.21. The van der Waals surface area contributed by atoms with Crippen molar-refractivity contribution in [3.63, 3.8) is 0 Å². The van der Waals surface area contributed by atoms with Gasteiger partial charge in [0.05, 0.1) is 6.10 Å². The lowest BCUT2D eigenvalue weighted by Crippen LogP contribution is -2.46. The zero-order valence-electron chi connectivity index (χ0n) is 14.5. The normalized spacial score (nSPS) is 28.5. The molecular formula is C18H32N4O. The molecule has 2 heterocycles.